The van der Waals surface area contributed by atoms with Gasteiger partial charge in [0.15, 0.2) is 6.29 Å². The van der Waals surface area contributed by atoms with Crippen LogP contribution in [-0.4, -0.2) is 32.2 Å². The number of ether oxygens (including phenoxy) is 3. The molecule has 0 aromatic heterocycles. The summed E-state index contributed by atoms with van der Waals surface area (Å²) in [6, 6.07) is 2.10. The first-order chi connectivity index (χ1) is 7.38. The molecular weight excluding hydrogens is 194 g/mol. The quantitative estimate of drug-likeness (QED) is 0.709. The Kier molecular flexibility index (Phi) is 3.95. The summed E-state index contributed by atoms with van der Waals surface area (Å²) in [6.07, 6.45) is 3.53. The number of nitrogens with zero attached hydrogens (tertiary/aromatic N) is 1. The van der Waals surface area contributed by atoms with Gasteiger partial charge in [-0.15, -0.1) is 0 Å². The molecule has 3 atom stereocenters. The molecule has 2 aliphatic rings. The third-order valence-electron chi connectivity index (χ3n) is 2.91. The normalized spacial score (nSPS) is 36.3. The molecule has 0 spiro atoms. The Bertz CT molecular complexity index is 232. The zero-order valence-corrected chi connectivity index (χ0v) is 8.85. The second-order valence-electron chi connectivity index (χ2n) is 4.20. The maximum atomic E-state index is 8.53. The molecule has 15 heavy (non-hydrogen) atoms. The molecule has 2 rings (SSSR count). The van der Waals surface area contributed by atoms with E-state index in [1.807, 2.05) is 0 Å². The van der Waals surface area contributed by atoms with Gasteiger partial charge in [-0.3, -0.25) is 0 Å². The molecule has 4 nitrogen and oxygen atoms in total. The van der Waals surface area contributed by atoms with Crippen molar-refractivity contribution in [3.05, 3.63) is 0 Å². The van der Waals surface area contributed by atoms with Crippen molar-refractivity contribution in [1.82, 2.24) is 0 Å². The number of hydrogen-bond donors (Lipinski definition) is 0. The first kappa shape index (κ1) is 10.9. The second-order valence-corrected chi connectivity index (χ2v) is 4.20. The van der Waals surface area contributed by atoms with Crippen molar-refractivity contribution in [3.63, 3.8) is 0 Å². The summed E-state index contributed by atoms with van der Waals surface area (Å²) in [5.41, 5.74) is 0. The molecule has 3 unspecified atom stereocenters. The largest absolute Gasteiger partial charge is 0.381 e. The van der Waals surface area contributed by atoms with Crippen LogP contribution < -0.4 is 0 Å². The average Bonchev–Trinajstić information content (AvgIpc) is 2.68. The van der Waals surface area contributed by atoms with Gasteiger partial charge in [0, 0.05) is 19.6 Å². The summed E-state index contributed by atoms with van der Waals surface area (Å²) in [5.74, 6) is 0.560. The van der Waals surface area contributed by atoms with Gasteiger partial charge in [-0.1, -0.05) is 0 Å². The van der Waals surface area contributed by atoms with Crippen molar-refractivity contribution >= 4 is 0 Å². The zero-order valence-electron chi connectivity index (χ0n) is 8.85. The van der Waals surface area contributed by atoms with Crippen LogP contribution in [0.25, 0.3) is 0 Å². The molecule has 0 radical (unpaired) electrons. The summed E-state index contributed by atoms with van der Waals surface area (Å²) >= 11 is 0. The minimum absolute atomic E-state index is 0.0236. The van der Waals surface area contributed by atoms with Crippen molar-refractivity contribution in [1.29, 1.82) is 5.26 Å². The highest BCUT2D eigenvalue weighted by atomic mass is 16.7. The standard InChI is InChI=1S/C11H17NO3/c12-4-3-10-8-14-11(15-10)6-9-2-1-5-13-7-9/h9-11H,1-3,5-8H2. The molecule has 0 saturated carbocycles. The van der Waals surface area contributed by atoms with E-state index in [2.05, 4.69) is 6.07 Å². The van der Waals surface area contributed by atoms with Gasteiger partial charge in [0.2, 0.25) is 0 Å². The van der Waals surface area contributed by atoms with E-state index in [0.29, 0.717) is 18.9 Å². The van der Waals surface area contributed by atoms with Gasteiger partial charge in [0.1, 0.15) is 0 Å². The van der Waals surface area contributed by atoms with Gasteiger partial charge in [-0.25, -0.2) is 0 Å². The SMILES string of the molecule is N#CCC1COC(CC2CCCOC2)O1. The molecule has 0 amide bonds. The maximum Gasteiger partial charge on any atom is 0.158 e. The van der Waals surface area contributed by atoms with E-state index in [-0.39, 0.29) is 12.4 Å². The third kappa shape index (κ3) is 3.16. The van der Waals surface area contributed by atoms with Crippen LogP contribution in [0.1, 0.15) is 25.7 Å². The molecule has 2 fully saturated rings. The Morgan fingerprint density at radius 1 is 1.33 bits per heavy atom. The number of rotatable bonds is 3. The first-order valence-electron chi connectivity index (χ1n) is 5.60. The average molecular weight is 211 g/mol. The van der Waals surface area contributed by atoms with Gasteiger partial charge in [0.25, 0.3) is 0 Å². The van der Waals surface area contributed by atoms with E-state index in [9.17, 15) is 0 Å². The smallest absolute Gasteiger partial charge is 0.158 e. The van der Waals surface area contributed by atoms with Gasteiger partial charge >= 0.3 is 0 Å². The number of nitriles is 1. The van der Waals surface area contributed by atoms with Gasteiger partial charge in [-0.05, 0) is 18.8 Å². The molecule has 0 aliphatic carbocycles. The summed E-state index contributed by atoms with van der Waals surface area (Å²) in [7, 11) is 0. The summed E-state index contributed by atoms with van der Waals surface area (Å²) in [6.45, 7) is 2.28. The summed E-state index contributed by atoms with van der Waals surface area (Å²) in [5, 5.41) is 8.53. The second kappa shape index (κ2) is 5.45. The van der Waals surface area contributed by atoms with E-state index >= 15 is 0 Å². The monoisotopic (exact) mass is 211 g/mol. The van der Waals surface area contributed by atoms with Crippen molar-refractivity contribution in [3.8, 4) is 6.07 Å². The molecule has 0 bridgehead atoms. The van der Waals surface area contributed by atoms with Crippen molar-refractivity contribution in [2.24, 2.45) is 5.92 Å². The highest BCUT2D eigenvalue weighted by molar-refractivity contribution is 4.79. The molecule has 0 aromatic carbocycles. The lowest BCUT2D eigenvalue weighted by atomic mass is 9.98. The fourth-order valence-corrected chi connectivity index (χ4v) is 2.11. The Morgan fingerprint density at radius 3 is 3.00 bits per heavy atom. The predicted octanol–water partition coefficient (Wildman–Crippen LogP) is 1.46. The van der Waals surface area contributed by atoms with Crippen molar-refractivity contribution in [2.45, 2.75) is 38.1 Å². The molecular formula is C11H17NO3. The highest BCUT2D eigenvalue weighted by Gasteiger charge is 2.28. The van der Waals surface area contributed by atoms with E-state index < -0.39 is 0 Å². The summed E-state index contributed by atoms with van der Waals surface area (Å²) < 4.78 is 16.5. The third-order valence-corrected chi connectivity index (χ3v) is 2.91. The van der Waals surface area contributed by atoms with E-state index in [0.717, 1.165) is 26.1 Å². The topological polar surface area (TPSA) is 51.5 Å². The zero-order chi connectivity index (χ0) is 10.5. The fraction of sp³-hybridized carbons (Fsp3) is 0.909. The lowest BCUT2D eigenvalue weighted by Gasteiger charge is -2.23. The number of hydrogen-bond acceptors (Lipinski definition) is 4. The van der Waals surface area contributed by atoms with E-state index in [1.54, 1.807) is 0 Å². The predicted molar refractivity (Wildman–Crippen MR) is 53.0 cm³/mol. The van der Waals surface area contributed by atoms with Crippen LogP contribution in [0.5, 0.6) is 0 Å². The van der Waals surface area contributed by atoms with Crippen LogP contribution in [-0.2, 0) is 14.2 Å². The molecule has 4 heteroatoms. The highest BCUT2D eigenvalue weighted by Crippen LogP contribution is 2.25. The van der Waals surface area contributed by atoms with Crippen molar-refractivity contribution in [2.75, 3.05) is 19.8 Å². The Hall–Kier alpha value is -0.630. The van der Waals surface area contributed by atoms with Gasteiger partial charge in [0.05, 0.1) is 25.2 Å². The molecule has 0 aromatic rings. The minimum Gasteiger partial charge on any atom is -0.381 e. The molecule has 2 heterocycles. The lowest BCUT2D eigenvalue weighted by Crippen LogP contribution is -2.23. The van der Waals surface area contributed by atoms with E-state index in [4.69, 9.17) is 19.5 Å². The molecule has 0 N–H and O–H groups in total. The molecule has 2 saturated heterocycles. The van der Waals surface area contributed by atoms with Crippen LogP contribution >= 0.6 is 0 Å². The fourth-order valence-electron chi connectivity index (χ4n) is 2.11. The van der Waals surface area contributed by atoms with Crippen LogP contribution in [0.4, 0.5) is 0 Å². The van der Waals surface area contributed by atoms with E-state index in [1.165, 1.54) is 6.42 Å². The van der Waals surface area contributed by atoms with Crippen LogP contribution in [0, 0.1) is 17.2 Å². The van der Waals surface area contributed by atoms with Gasteiger partial charge < -0.3 is 14.2 Å². The molecule has 2 aliphatic heterocycles. The van der Waals surface area contributed by atoms with Crippen LogP contribution in [0.2, 0.25) is 0 Å². The lowest BCUT2D eigenvalue weighted by molar-refractivity contribution is -0.0834. The Labute approximate surface area is 90.1 Å². The Balaban J connectivity index is 1.69. The van der Waals surface area contributed by atoms with Crippen LogP contribution in [0.3, 0.4) is 0 Å². The maximum absolute atomic E-state index is 8.53. The van der Waals surface area contributed by atoms with Crippen molar-refractivity contribution < 1.29 is 14.2 Å². The Morgan fingerprint density at radius 2 is 2.27 bits per heavy atom. The van der Waals surface area contributed by atoms with Gasteiger partial charge in [-0.2, -0.15) is 5.26 Å². The molecule has 84 valence electrons. The summed E-state index contributed by atoms with van der Waals surface area (Å²) in [4.78, 5) is 0. The first-order valence-corrected chi connectivity index (χ1v) is 5.60. The minimum atomic E-state index is -0.116. The van der Waals surface area contributed by atoms with Crippen LogP contribution in [0.15, 0.2) is 0 Å².